The minimum atomic E-state index is -0.614. The van der Waals surface area contributed by atoms with Crippen LogP contribution in [0.4, 0.5) is 0 Å². The molecule has 0 amide bonds. The highest BCUT2D eigenvalue weighted by molar-refractivity contribution is 6.71. The summed E-state index contributed by atoms with van der Waals surface area (Å²) in [7, 11) is 1.23. The summed E-state index contributed by atoms with van der Waals surface area (Å²) in [6.45, 7) is 20.9. The molecule has 0 saturated heterocycles. The minimum Gasteiger partial charge on any atom is -0.496 e. The molecule has 0 heterocycles. The van der Waals surface area contributed by atoms with E-state index in [-0.39, 0.29) is 10.8 Å². The molecule has 1 radical (unpaired) electrons. The molecule has 1 nitrogen and oxygen atoms in total. The van der Waals surface area contributed by atoms with E-state index in [1.54, 1.807) is 5.19 Å². The summed E-state index contributed by atoms with van der Waals surface area (Å²) >= 11 is 0. The molecule has 1 aromatic carbocycles. The molecule has 0 aliphatic heterocycles. The largest absolute Gasteiger partial charge is 0.496 e. The Labute approximate surface area is 156 Å². The van der Waals surface area contributed by atoms with Crippen LogP contribution in [0.3, 0.4) is 0 Å². The fourth-order valence-corrected chi connectivity index (χ4v) is 5.85. The first-order chi connectivity index (χ1) is 11.4. The van der Waals surface area contributed by atoms with Crippen LogP contribution in [0.15, 0.2) is 29.4 Å². The van der Waals surface area contributed by atoms with Crippen molar-refractivity contribution in [3.8, 4) is 5.75 Å². The molecule has 25 heavy (non-hydrogen) atoms. The number of aryl methyl sites for hydroxylation is 1. The maximum absolute atomic E-state index is 6.09. The average Bonchev–Trinajstić information content (AvgIpc) is 2.92. The third-order valence-corrected chi connectivity index (χ3v) is 7.10. The number of allylic oxidation sites excluding steroid dienone is 4. The Morgan fingerprint density at radius 1 is 1.00 bits per heavy atom. The lowest BCUT2D eigenvalue weighted by Gasteiger charge is -2.36. The van der Waals surface area contributed by atoms with E-state index in [1.165, 1.54) is 27.8 Å². The average molecular weight is 356 g/mol. The summed E-state index contributed by atoms with van der Waals surface area (Å²) in [5.41, 5.74) is 7.16. The first-order valence-electron chi connectivity index (χ1n) is 9.31. The van der Waals surface area contributed by atoms with Gasteiger partial charge in [-0.15, -0.1) is 0 Å². The van der Waals surface area contributed by atoms with Gasteiger partial charge in [0.05, 0.1) is 15.9 Å². The lowest BCUT2D eigenvalue weighted by Crippen LogP contribution is -2.38. The smallest absolute Gasteiger partial charge is 0.126 e. The molecule has 0 atom stereocenters. The monoisotopic (exact) mass is 355 g/mol. The van der Waals surface area contributed by atoms with Gasteiger partial charge in [-0.2, -0.15) is 0 Å². The Balaban J connectivity index is 2.84. The maximum Gasteiger partial charge on any atom is 0.126 e. The summed E-state index contributed by atoms with van der Waals surface area (Å²) in [6.07, 6.45) is 5.67. The zero-order chi connectivity index (χ0) is 19.2. The van der Waals surface area contributed by atoms with Gasteiger partial charge in [0, 0.05) is 16.5 Å². The molecule has 1 aliphatic rings. The third kappa shape index (κ3) is 3.65. The molecule has 1 aromatic rings. The van der Waals surface area contributed by atoms with Crippen LogP contribution in [0.2, 0.25) is 13.1 Å². The van der Waals surface area contributed by atoms with Gasteiger partial charge in [-0.1, -0.05) is 87.8 Å². The molecule has 137 valence electrons. The summed E-state index contributed by atoms with van der Waals surface area (Å²) in [6, 6.07) is 2.37. The molecule has 2 heteroatoms. The summed E-state index contributed by atoms with van der Waals surface area (Å²) in [4.78, 5) is 0. The Morgan fingerprint density at radius 2 is 1.60 bits per heavy atom. The fourth-order valence-electron chi connectivity index (χ4n) is 4.06. The lowest BCUT2D eigenvalue weighted by atomic mass is 9.73. The van der Waals surface area contributed by atoms with Gasteiger partial charge in [0.25, 0.3) is 0 Å². The Bertz CT molecular complexity index is 727. The van der Waals surface area contributed by atoms with E-state index in [9.17, 15) is 0 Å². The van der Waals surface area contributed by atoms with Crippen molar-refractivity contribution in [2.75, 3.05) is 7.11 Å². The van der Waals surface area contributed by atoms with Crippen molar-refractivity contribution in [1.29, 1.82) is 0 Å². The van der Waals surface area contributed by atoms with Crippen LogP contribution in [0.1, 0.15) is 64.7 Å². The summed E-state index contributed by atoms with van der Waals surface area (Å²) < 4.78 is 6.09. The number of rotatable bonds is 4. The first-order valence-corrected chi connectivity index (χ1v) is 11.8. The first kappa shape index (κ1) is 20.0. The molecule has 2 rings (SSSR count). The van der Waals surface area contributed by atoms with E-state index < -0.39 is 8.80 Å². The molecule has 0 saturated carbocycles. The zero-order valence-electron chi connectivity index (χ0n) is 17.8. The summed E-state index contributed by atoms with van der Waals surface area (Å²) in [5.74, 6) is 1.11. The van der Waals surface area contributed by atoms with E-state index in [1.807, 2.05) is 7.11 Å². The molecule has 0 spiro atoms. The molecule has 0 N–H and O–H groups in total. The highest BCUT2D eigenvalue weighted by Crippen LogP contribution is 2.45. The van der Waals surface area contributed by atoms with Crippen LogP contribution in [0.5, 0.6) is 5.75 Å². The van der Waals surface area contributed by atoms with Crippen LogP contribution in [-0.4, -0.2) is 15.9 Å². The van der Waals surface area contributed by atoms with Gasteiger partial charge < -0.3 is 4.74 Å². The van der Waals surface area contributed by atoms with Crippen LogP contribution >= 0.6 is 0 Å². The minimum absolute atomic E-state index is 0.0249. The molecular weight excluding hydrogens is 320 g/mol. The van der Waals surface area contributed by atoms with Crippen LogP contribution in [0, 0.1) is 6.92 Å². The van der Waals surface area contributed by atoms with Crippen molar-refractivity contribution in [2.24, 2.45) is 0 Å². The van der Waals surface area contributed by atoms with Crippen molar-refractivity contribution >= 4 is 14.0 Å². The highest BCUT2D eigenvalue weighted by atomic mass is 28.3. The van der Waals surface area contributed by atoms with Gasteiger partial charge in [-0.25, -0.2) is 0 Å². The van der Waals surface area contributed by atoms with Crippen molar-refractivity contribution in [2.45, 2.75) is 78.8 Å². The van der Waals surface area contributed by atoms with Crippen LogP contribution < -0.4 is 9.92 Å². The predicted molar refractivity (Wildman–Crippen MR) is 113 cm³/mol. The van der Waals surface area contributed by atoms with Crippen molar-refractivity contribution in [3.05, 3.63) is 46.1 Å². The van der Waals surface area contributed by atoms with Crippen LogP contribution in [0.25, 0.3) is 0 Å². The Morgan fingerprint density at radius 3 is 2.00 bits per heavy atom. The number of ether oxygens (including phenoxy) is 1. The van der Waals surface area contributed by atoms with Gasteiger partial charge in [-0.3, -0.25) is 0 Å². The predicted octanol–water partition coefficient (Wildman–Crippen LogP) is 5.82. The number of methoxy groups -OCH3 is 1. The zero-order valence-corrected chi connectivity index (χ0v) is 18.8. The Hall–Kier alpha value is -1.28. The maximum atomic E-state index is 6.09. The second-order valence-corrected chi connectivity index (χ2v) is 11.8. The topological polar surface area (TPSA) is 9.23 Å². The molecule has 0 fully saturated rings. The number of hydrogen-bond donors (Lipinski definition) is 0. The van der Waals surface area contributed by atoms with E-state index in [2.05, 4.69) is 79.8 Å². The fraction of sp³-hybridized carbons (Fsp3) is 0.565. The number of hydrogen-bond acceptors (Lipinski definition) is 1. The molecular formula is C23H35OSi. The normalized spacial score (nSPS) is 15.5. The highest BCUT2D eigenvalue weighted by Gasteiger charge is 2.36. The van der Waals surface area contributed by atoms with E-state index >= 15 is 0 Å². The Kier molecular flexibility index (Phi) is 5.44. The number of benzene rings is 1. The SMILES string of the molecule is COc1c(C(C)(C)C)cc(C)c([Si](C)C)c1C(C)(C)C1=CC=C(C)C1. The third-order valence-electron chi connectivity index (χ3n) is 5.46. The lowest BCUT2D eigenvalue weighted by molar-refractivity contribution is 0.384. The van der Waals surface area contributed by atoms with E-state index in [4.69, 9.17) is 4.74 Å². The van der Waals surface area contributed by atoms with Gasteiger partial charge in [-0.05, 0) is 25.7 Å². The van der Waals surface area contributed by atoms with Gasteiger partial charge in [0.2, 0.25) is 0 Å². The quantitative estimate of drug-likeness (QED) is 0.619. The van der Waals surface area contributed by atoms with Crippen molar-refractivity contribution < 1.29 is 4.74 Å². The van der Waals surface area contributed by atoms with Gasteiger partial charge >= 0.3 is 0 Å². The molecule has 0 bridgehead atoms. The molecule has 0 unspecified atom stereocenters. The van der Waals surface area contributed by atoms with E-state index in [0.717, 1.165) is 12.2 Å². The van der Waals surface area contributed by atoms with Crippen molar-refractivity contribution in [1.82, 2.24) is 0 Å². The van der Waals surface area contributed by atoms with E-state index in [0.29, 0.717) is 0 Å². The standard InChI is InChI=1S/C23H35OSi/c1-15-11-12-17(13-15)23(6,7)19-20(24-8)18(22(3,4)5)14-16(2)21(19)25(9)10/h11-12,14H,13H2,1-10H3. The van der Waals surface area contributed by atoms with Gasteiger partial charge in [0.15, 0.2) is 0 Å². The molecule has 0 aromatic heterocycles. The molecule has 1 aliphatic carbocycles. The van der Waals surface area contributed by atoms with Gasteiger partial charge in [0.1, 0.15) is 5.75 Å². The summed E-state index contributed by atoms with van der Waals surface area (Å²) in [5, 5.41) is 1.55. The van der Waals surface area contributed by atoms with Crippen LogP contribution in [-0.2, 0) is 10.8 Å². The second-order valence-electron chi connectivity index (χ2n) is 9.28. The van der Waals surface area contributed by atoms with Crippen molar-refractivity contribution in [3.63, 3.8) is 0 Å². The second kappa shape index (κ2) is 6.79.